The van der Waals surface area contributed by atoms with Crippen molar-refractivity contribution < 1.29 is 0 Å². The van der Waals surface area contributed by atoms with Gasteiger partial charge in [-0.15, -0.1) is 24.8 Å². The van der Waals surface area contributed by atoms with E-state index in [2.05, 4.69) is 28.2 Å². The largest absolute Gasteiger partial charge is 0.314 e. The molecule has 1 saturated heterocycles. The molecule has 3 nitrogen and oxygen atoms in total. The summed E-state index contributed by atoms with van der Waals surface area (Å²) < 4.78 is 0. The Morgan fingerprint density at radius 1 is 1.35 bits per heavy atom. The highest BCUT2D eigenvalue weighted by Crippen LogP contribution is 2.23. The molecule has 1 N–H and O–H groups in total. The Balaban J connectivity index is 0.00000128. The van der Waals surface area contributed by atoms with Gasteiger partial charge in [-0.05, 0) is 18.1 Å². The monoisotopic (exact) mass is 277 g/mol. The van der Waals surface area contributed by atoms with Crippen LogP contribution >= 0.6 is 24.8 Å². The van der Waals surface area contributed by atoms with Crippen LogP contribution in [-0.2, 0) is 0 Å². The van der Waals surface area contributed by atoms with E-state index in [4.69, 9.17) is 0 Å². The minimum absolute atomic E-state index is 0. The second-order valence-electron chi connectivity index (χ2n) is 4.00. The topological polar surface area (TPSA) is 28.2 Å². The Bertz CT molecular complexity index is 289. The van der Waals surface area contributed by atoms with Crippen molar-refractivity contribution in [2.45, 2.75) is 19.4 Å². The van der Waals surface area contributed by atoms with Gasteiger partial charge in [-0.2, -0.15) is 0 Å². The van der Waals surface area contributed by atoms with E-state index < -0.39 is 0 Å². The van der Waals surface area contributed by atoms with Crippen LogP contribution in [0.3, 0.4) is 0 Å². The second-order valence-corrected chi connectivity index (χ2v) is 4.00. The number of pyridine rings is 1. The third kappa shape index (κ3) is 4.43. The van der Waals surface area contributed by atoms with Crippen LogP contribution in [0, 0.1) is 0 Å². The molecule has 2 rings (SSSR count). The maximum absolute atomic E-state index is 4.21. The first-order chi connectivity index (χ1) is 7.42. The average Bonchev–Trinajstić information content (AvgIpc) is 2.33. The lowest BCUT2D eigenvalue weighted by molar-refractivity contribution is 0.169. The number of aromatic nitrogens is 1. The molecule has 0 radical (unpaired) electrons. The van der Waals surface area contributed by atoms with E-state index in [1.807, 2.05) is 18.5 Å². The average molecular weight is 278 g/mol. The molecule has 1 aliphatic heterocycles. The minimum Gasteiger partial charge on any atom is -0.314 e. The van der Waals surface area contributed by atoms with E-state index in [1.165, 1.54) is 5.56 Å². The van der Waals surface area contributed by atoms with Gasteiger partial charge in [-0.25, -0.2) is 0 Å². The molecule has 0 saturated carbocycles. The number of nitrogens with one attached hydrogen (secondary N) is 1. The van der Waals surface area contributed by atoms with Crippen molar-refractivity contribution in [2.75, 3.05) is 26.2 Å². The summed E-state index contributed by atoms with van der Waals surface area (Å²) in [5.41, 5.74) is 1.35. The van der Waals surface area contributed by atoms with Crippen LogP contribution in [0.5, 0.6) is 0 Å². The quantitative estimate of drug-likeness (QED) is 0.919. The van der Waals surface area contributed by atoms with E-state index >= 15 is 0 Å². The molecule has 1 aliphatic rings. The van der Waals surface area contributed by atoms with Gasteiger partial charge in [0.2, 0.25) is 0 Å². The Labute approximate surface area is 116 Å². The number of halogens is 2. The van der Waals surface area contributed by atoms with E-state index in [0.29, 0.717) is 6.04 Å². The molecule has 0 amide bonds. The van der Waals surface area contributed by atoms with Crippen LogP contribution < -0.4 is 5.32 Å². The van der Waals surface area contributed by atoms with E-state index in [-0.39, 0.29) is 24.8 Å². The number of hydrogen-bond acceptors (Lipinski definition) is 3. The maximum atomic E-state index is 4.21. The molecule has 0 aliphatic carbocycles. The smallest absolute Gasteiger partial charge is 0.0361 e. The predicted molar refractivity (Wildman–Crippen MR) is 76.2 cm³/mol. The lowest BCUT2D eigenvalue weighted by atomic mass is 10.0. The van der Waals surface area contributed by atoms with Gasteiger partial charge in [0.25, 0.3) is 0 Å². The van der Waals surface area contributed by atoms with Gasteiger partial charge in [0, 0.05) is 44.6 Å². The van der Waals surface area contributed by atoms with Gasteiger partial charge in [0.15, 0.2) is 0 Å². The predicted octanol–water partition coefficient (Wildman–Crippen LogP) is 2.28. The molecule has 2 heterocycles. The van der Waals surface area contributed by atoms with Crippen molar-refractivity contribution in [3.05, 3.63) is 30.1 Å². The first-order valence-electron chi connectivity index (χ1n) is 5.76. The van der Waals surface area contributed by atoms with Gasteiger partial charge in [0.1, 0.15) is 0 Å². The first-order valence-corrected chi connectivity index (χ1v) is 5.76. The number of hydrogen-bond donors (Lipinski definition) is 1. The normalized spacial score (nSPS) is 17.7. The zero-order chi connectivity index (χ0) is 10.5. The molecule has 0 bridgehead atoms. The van der Waals surface area contributed by atoms with E-state index in [1.54, 1.807) is 0 Å². The fraction of sp³-hybridized carbons (Fsp3) is 0.583. The maximum Gasteiger partial charge on any atom is 0.0361 e. The van der Waals surface area contributed by atoms with Gasteiger partial charge in [-0.3, -0.25) is 9.88 Å². The summed E-state index contributed by atoms with van der Waals surface area (Å²) in [7, 11) is 0. The Hall–Kier alpha value is -0.350. The standard InChI is InChI=1S/C12H19N3.2ClH/c1-2-12(11-4-3-5-14-10-11)15-8-6-13-7-9-15;;/h3-5,10,12-13H,2,6-9H2,1H3;2*1H/t12-;;/m0../s1. The molecule has 0 aromatic carbocycles. The molecule has 1 fully saturated rings. The van der Waals surface area contributed by atoms with Gasteiger partial charge >= 0.3 is 0 Å². The summed E-state index contributed by atoms with van der Waals surface area (Å²) in [6.07, 6.45) is 5.00. The van der Waals surface area contributed by atoms with Gasteiger partial charge in [-0.1, -0.05) is 13.0 Å². The summed E-state index contributed by atoms with van der Waals surface area (Å²) >= 11 is 0. The fourth-order valence-electron chi connectivity index (χ4n) is 2.27. The first kappa shape index (κ1) is 16.6. The summed E-state index contributed by atoms with van der Waals surface area (Å²) in [6, 6.07) is 4.75. The molecule has 1 aromatic rings. The molecule has 0 unspecified atom stereocenters. The Morgan fingerprint density at radius 3 is 2.59 bits per heavy atom. The molecule has 1 atom stereocenters. The highest BCUT2D eigenvalue weighted by Gasteiger charge is 2.20. The summed E-state index contributed by atoms with van der Waals surface area (Å²) in [5, 5.41) is 3.39. The van der Waals surface area contributed by atoms with Crippen LogP contribution in [0.1, 0.15) is 24.9 Å². The van der Waals surface area contributed by atoms with Crippen molar-refractivity contribution in [1.29, 1.82) is 0 Å². The fourth-order valence-corrected chi connectivity index (χ4v) is 2.27. The SMILES string of the molecule is CC[C@@H](c1cccnc1)N1CCNCC1.Cl.Cl. The molecular weight excluding hydrogens is 257 g/mol. The van der Waals surface area contributed by atoms with Gasteiger partial charge in [0.05, 0.1) is 0 Å². The summed E-state index contributed by atoms with van der Waals surface area (Å²) in [6.45, 7) is 6.76. The van der Waals surface area contributed by atoms with Crippen LogP contribution in [-0.4, -0.2) is 36.1 Å². The molecule has 1 aromatic heterocycles. The molecular formula is C12H21Cl2N3. The second kappa shape index (κ2) is 8.70. The van der Waals surface area contributed by atoms with Gasteiger partial charge < -0.3 is 5.32 Å². The van der Waals surface area contributed by atoms with Crippen LogP contribution in [0.2, 0.25) is 0 Å². The lowest BCUT2D eigenvalue weighted by Crippen LogP contribution is -2.45. The molecule has 0 spiro atoms. The number of piperazine rings is 1. The Morgan fingerprint density at radius 2 is 2.06 bits per heavy atom. The summed E-state index contributed by atoms with van der Waals surface area (Å²) in [4.78, 5) is 6.76. The summed E-state index contributed by atoms with van der Waals surface area (Å²) in [5.74, 6) is 0. The van der Waals surface area contributed by atoms with Crippen molar-refractivity contribution in [3.8, 4) is 0 Å². The minimum atomic E-state index is 0. The third-order valence-electron chi connectivity index (χ3n) is 3.05. The van der Waals surface area contributed by atoms with Crippen molar-refractivity contribution in [1.82, 2.24) is 15.2 Å². The molecule has 17 heavy (non-hydrogen) atoms. The third-order valence-corrected chi connectivity index (χ3v) is 3.05. The van der Waals surface area contributed by atoms with Crippen LogP contribution in [0.4, 0.5) is 0 Å². The van der Waals surface area contributed by atoms with Crippen molar-refractivity contribution in [3.63, 3.8) is 0 Å². The van der Waals surface area contributed by atoms with Crippen molar-refractivity contribution in [2.24, 2.45) is 0 Å². The van der Waals surface area contributed by atoms with Crippen LogP contribution in [0.15, 0.2) is 24.5 Å². The number of nitrogens with zero attached hydrogens (tertiary/aromatic N) is 2. The van der Waals surface area contributed by atoms with Crippen LogP contribution in [0.25, 0.3) is 0 Å². The van der Waals surface area contributed by atoms with E-state index in [9.17, 15) is 0 Å². The highest BCUT2D eigenvalue weighted by atomic mass is 35.5. The number of rotatable bonds is 3. The Kier molecular flexibility index (Phi) is 8.52. The highest BCUT2D eigenvalue weighted by molar-refractivity contribution is 5.85. The van der Waals surface area contributed by atoms with Crippen molar-refractivity contribution >= 4 is 24.8 Å². The molecule has 98 valence electrons. The lowest BCUT2D eigenvalue weighted by Gasteiger charge is -2.34. The zero-order valence-corrected chi connectivity index (χ0v) is 11.8. The molecule has 5 heteroatoms. The van der Waals surface area contributed by atoms with E-state index in [0.717, 1.165) is 32.6 Å². The zero-order valence-electron chi connectivity index (χ0n) is 10.1.